The van der Waals surface area contributed by atoms with E-state index in [0.717, 1.165) is 21.4 Å². The Labute approximate surface area is 169 Å². The van der Waals surface area contributed by atoms with E-state index in [1.165, 1.54) is 20.2 Å². The van der Waals surface area contributed by atoms with Crippen LogP contribution >= 0.6 is 37.2 Å². The maximum absolute atomic E-state index is 11.5. The lowest BCUT2D eigenvalue weighted by atomic mass is 9.78. The van der Waals surface area contributed by atoms with Gasteiger partial charge in [-0.2, -0.15) is 0 Å². The summed E-state index contributed by atoms with van der Waals surface area (Å²) >= 11 is 4.24. The average molecular weight is 559 g/mol. The quantitative estimate of drug-likeness (QED) is 0.0911. The van der Waals surface area contributed by atoms with Crippen LogP contribution in [0.4, 0.5) is 0 Å². The lowest BCUT2D eigenvalue weighted by Gasteiger charge is -2.29. The van der Waals surface area contributed by atoms with Crippen molar-refractivity contribution in [3.05, 3.63) is 34.0 Å². The van der Waals surface area contributed by atoms with Crippen molar-refractivity contribution in [1.29, 1.82) is 0 Å². The van der Waals surface area contributed by atoms with Gasteiger partial charge in [-0.15, -0.1) is 0 Å². The van der Waals surface area contributed by atoms with E-state index in [-0.39, 0.29) is 16.8 Å². The van der Waals surface area contributed by atoms with Crippen LogP contribution in [0, 0.1) is 5.21 Å². The first-order valence-corrected chi connectivity index (χ1v) is 13.9. The summed E-state index contributed by atoms with van der Waals surface area (Å²) < 4.78 is 6.32. The molecule has 0 heterocycles. The summed E-state index contributed by atoms with van der Waals surface area (Å²) in [7, 11) is 1.45. The van der Waals surface area contributed by atoms with Crippen LogP contribution in [0.3, 0.4) is 0 Å². The molecule has 0 spiro atoms. The van der Waals surface area contributed by atoms with Gasteiger partial charge >= 0.3 is 5.97 Å². The zero-order chi connectivity index (χ0) is 19.3. The molecule has 1 aromatic carbocycles. The molecule has 1 aromatic rings. The Balaban J connectivity index is 0.00000254. The molecule has 0 amide bonds. The minimum absolute atomic E-state index is 0.212. The number of ether oxygens (including phenoxy) is 1. The van der Waals surface area contributed by atoms with Crippen LogP contribution in [-0.2, 0) is 15.6 Å². The summed E-state index contributed by atoms with van der Waals surface area (Å²) in [5, 5.41) is 11.4. The van der Waals surface area contributed by atoms with Gasteiger partial charge in [0.15, 0.2) is 6.21 Å². The monoisotopic (exact) mass is 559 g/mol. The second-order valence-electron chi connectivity index (χ2n) is 7.71. The van der Waals surface area contributed by atoms with Crippen molar-refractivity contribution in [3.63, 3.8) is 0 Å². The lowest BCUT2D eigenvalue weighted by Crippen LogP contribution is -2.22. The minimum atomic E-state index is -0.339. The predicted octanol–water partition coefficient (Wildman–Crippen LogP) is 5.54. The zero-order valence-electron chi connectivity index (χ0n) is 15.7. The largest absolute Gasteiger partial charge is 0.624 e. The third kappa shape index (κ3) is 7.25. The molecule has 0 radical (unpaired) electrons. The van der Waals surface area contributed by atoms with E-state index < -0.39 is 0 Å². The number of esters is 1. The van der Waals surface area contributed by atoms with E-state index in [1.807, 2.05) is 12.1 Å². The number of carbonyl (C=O) groups is 1. The Hall–Kier alpha value is -0.380. The molecular formula is C18H27I2NO3. The second kappa shape index (κ2) is 9.35. The molecule has 0 atom stereocenters. The van der Waals surface area contributed by atoms with Crippen molar-refractivity contribution in [2.24, 2.45) is 0 Å². The molecule has 6 heteroatoms. The Kier molecular flexibility index (Phi) is 9.21. The Morgan fingerprint density at radius 3 is 1.71 bits per heavy atom. The van der Waals surface area contributed by atoms with E-state index in [1.54, 1.807) is 0 Å². The molecule has 0 aliphatic rings. The highest BCUT2D eigenvalue weighted by Crippen LogP contribution is 2.40. The topological polar surface area (TPSA) is 52.4 Å². The van der Waals surface area contributed by atoms with Gasteiger partial charge in [-0.25, -0.2) is 4.74 Å². The standard InChI is InChI=1S/C18H27NO3.I2/c1-12(20)22-16-14(17(2,3)4)9-13(11-19(8)21)10-15(16)18(5,6)7;1-2/h9-11H,1-8H3;/b19-11-;. The number of hydrogen-bond donors (Lipinski definition) is 0. The van der Waals surface area contributed by atoms with Gasteiger partial charge in [0, 0.05) is 60.8 Å². The number of rotatable bonds is 2. The normalized spacial score (nSPS) is 12.3. The van der Waals surface area contributed by atoms with Gasteiger partial charge in [0.05, 0.1) is 0 Å². The first-order valence-electron chi connectivity index (χ1n) is 7.59. The van der Waals surface area contributed by atoms with Gasteiger partial charge in [-0.1, -0.05) is 41.5 Å². The van der Waals surface area contributed by atoms with Crippen LogP contribution in [0.25, 0.3) is 0 Å². The maximum Gasteiger partial charge on any atom is 0.308 e. The molecule has 0 aromatic heterocycles. The number of benzene rings is 1. The van der Waals surface area contributed by atoms with Crippen molar-refractivity contribution in [1.82, 2.24) is 0 Å². The van der Waals surface area contributed by atoms with Crippen LogP contribution in [-0.4, -0.2) is 24.0 Å². The SMILES string of the molecule is CC(=O)Oc1c(C(C)(C)C)cc(/C=[N+](/C)[O-])cc1C(C)(C)C.II. The van der Waals surface area contributed by atoms with Crippen molar-refractivity contribution in [2.75, 3.05) is 7.05 Å². The molecule has 0 N–H and O–H groups in total. The molecule has 0 aliphatic carbocycles. The second-order valence-corrected chi connectivity index (χ2v) is 7.71. The highest BCUT2D eigenvalue weighted by molar-refractivity contribution is 15.0. The van der Waals surface area contributed by atoms with Gasteiger partial charge in [0.2, 0.25) is 0 Å². The third-order valence-corrected chi connectivity index (χ3v) is 3.30. The Bertz CT molecular complexity index is 573. The predicted molar refractivity (Wildman–Crippen MR) is 118 cm³/mol. The van der Waals surface area contributed by atoms with Crippen LogP contribution in [0.1, 0.15) is 65.2 Å². The molecule has 0 fully saturated rings. The van der Waals surface area contributed by atoms with Crippen LogP contribution in [0.2, 0.25) is 0 Å². The fourth-order valence-corrected chi connectivity index (χ4v) is 2.30. The summed E-state index contributed by atoms with van der Waals surface area (Å²) in [6, 6.07) is 3.84. The smallest absolute Gasteiger partial charge is 0.308 e. The fraction of sp³-hybridized carbons (Fsp3) is 0.556. The first-order chi connectivity index (χ1) is 10.8. The summed E-state index contributed by atoms with van der Waals surface area (Å²) in [5.41, 5.74) is 2.22. The number of halogens is 2. The van der Waals surface area contributed by atoms with Gasteiger partial charge in [0.25, 0.3) is 0 Å². The summed E-state index contributed by atoms with van der Waals surface area (Å²) in [6.07, 6.45) is 1.53. The minimum Gasteiger partial charge on any atom is -0.624 e. The third-order valence-electron chi connectivity index (χ3n) is 3.30. The molecule has 24 heavy (non-hydrogen) atoms. The number of carbonyl (C=O) groups excluding carboxylic acids is 1. The van der Waals surface area contributed by atoms with E-state index in [2.05, 4.69) is 78.8 Å². The van der Waals surface area contributed by atoms with Crippen LogP contribution < -0.4 is 4.74 Å². The summed E-state index contributed by atoms with van der Waals surface area (Å²) in [6.45, 7) is 13.8. The van der Waals surface area contributed by atoms with Gasteiger partial charge in [0.1, 0.15) is 12.8 Å². The number of hydrogen-bond acceptors (Lipinski definition) is 3. The van der Waals surface area contributed by atoms with Gasteiger partial charge in [-0.05, 0) is 23.0 Å². The van der Waals surface area contributed by atoms with Crippen molar-refractivity contribution < 1.29 is 14.3 Å². The van der Waals surface area contributed by atoms with Crippen molar-refractivity contribution in [2.45, 2.75) is 59.3 Å². The molecule has 1 rings (SSSR count). The van der Waals surface area contributed by atoms with Crippen molar-refractivity contribution in [3.8, 4) is 5.75 Å². The first kappa shape index (κ1) is 23.6. The summed E-state index contributed by atoms with van der Waals surface area (Å²) in [5.74, 6) is 0.270. The molecule has 0 saturated carbocycles. The van der Waals surface area contributed by atoms with Crippen molar-refractivity contribution >= 4 is 49.4 Å². The lowest BCUT2D eigenvalue weighted by molar-refractivity contribution is -0.416. The van der Waals surface area contributed by atoms with Gasteiger partial charge < -0.3 is 9.94 Å². The molecule has 0 aliphatic heterocycles. The summed E-state index contributed by atoms with van der Waals surface area (Å²) in [4.78, 5) is 11.5. The molecule has 0 unspecified atom stereocenters. The van der Waals surface area contributed by atoms with E-state index in [9.17, 15) is 10.0 Å². The van der Waals surface area contributed by atoms with Crippen LogP contribution in [0.5, 0.6) is 5.75 Å². The molecule has 0 bridgehead atoms. The number of nitrogens with zero attached hydrogens (tertiary/aromatic N) is 1. The maximum atomic E-state index is 11.5. The average Bonchev–Trinajstić information content (AvgIpc) is 2.38. The fourth-order valence-electron chi connectivity index (χ4n) is 2.30. The Morgan fingerprint density at radius 1 is 1.08 bits per heavy atom. The zero-order valence-corrected chi connectivity index (χ0v) is 20.0. The highest BCUT2D eigenvalue weighted by atomic mass is 128. The molecular weight excluding hydrogens is 532 g/mol. The number of hydroxylamine groups is 1. The Morgan fingerprint density at radius 2 is 1.46 bits per heavy atom. The van der Waals surface area contributed by atoms with E-state index >= 15 is 0 Å². The van der Waals surface area contributed by atoms with Crippen LogP contribution in [0.15, 0.2) is 12.1 Å². The van der Waals surface area contributed by atoms with Gasteiger partial charge in [-0.3, -0.25) is 4.79 Å². The molecule has 4 nitrogen and oxygen atoms in total. The van der Waals surface area contributed by atoms with E-state index in [4.69, 9.17) is 4.74 Å². The molecule has 0 saturated heterocycles. The highest BCUT2D eigenvalue weighted by Gasteiger charge is 2.28. The molecule has 136 valence electrons. The van der Waals surface area contributed by atoms with E-state index in [0.29, 0.717) is 5.75 Å².